The van der Waals surface area contributed by atoms with E-state index in [1.165, 1.54) is 38.6 Å². The molecule has 0 radical (unpaired) electrons. The van der Waals surface area contributed by atoms with Gasteiger partial charge in [-0.05, 0) is 31.2 Å². The minimum atomic E-state index is -1.05. The molecule has 1 amide bonds. The summed E-state index contributed by atoms with van der Waals surface area (Å²) in [6.07, 6.45) is 1.82. The molecule has 1 unspecified atom stereocenters. The van der Waals surface area contributed by atoms with E-state index in [1.54, 1.807) is 24.3 Å². The number of carbonyl (C=O) groups is 3. The van der Waals surface area contributed by atoms with Gasteiger partial charge in [0.25, 0.3) is 5.91 Å². The van der Waals surface area contributed by atoms with Gasteiger partial charge in [-0.25, -0.2) is 9.59 Å². The van der Waals surface area contributed by atoms with Crippen LogP contribution in [0.15, 0.2) is 48.8 Å². The van der Waals surface area contributed by atoms with Crippen LogP contribution in [0.4, 0.5) is 5.69 Å². The molecule has 0 saturated heterocycles. The van der Waals surface area contributed by atoms with E-state index in [-0.39, 0.29) is 16.8 Å². The first kappa shape index (κ1) is 17.1. The molecule has 24 heavy (non-hydrogen) atoms. The molecule has 0 aliphatic rings. The monoisotopic (exact) mass is 328 g/mol. The van der Waals surface area contributed by atoms with Gasteiger partial charge in [-0.1, -0.05) is 12.1 Å². The van der Waals surface area contributed by atoms with Crippen molar-refractivity contribution in [2.75, 3.05) is 12.4 Å². The van der Waals surface area contributed by atoms with Crippen molar-refractivity contribution in [1.82, 2.24) is 4.98 Å². The Morgan fingerprint density at radius 1 is 1.08 bits per heavy atom. The molecule has 1 heterocycles. The first-order chi connectivity index (χ1) is 11.5. The van der Waals surface area contributed by atoms with Gasteiger partial charge < -0.3 is 14.8 Å². The van der Waals surface area contributed by atoms with Crippen LogP contribution in [0.25, 0.3) is 0 Å². The van der Waals surface area contributed by atoms with Crippen LogP contribution < -0.4 is 5.32 Å². The lowest BCUT2D eigenvalue weighted by atomic mass is 10.1. The van der Waals surface area contributed by atoms with E-state index in [0.29, 0.717) is 0 Å². The van der Waals surface area contributed by atoms with Crippen molar-refractivity contribution in [1.29, 1.82) is 0 Å². The highest BCUT2D eigenvalue weighted by Crippen LogP contribution is 2.16. The zero-order valence-corrected chi connectivity index (χ0v) is 13.2. The maximum absolute atomic E-state index is 12.2. The molecule has 7 nitrogen and oxygen atoms in total. The first-order valence-electron chi connectivity index (χ1n) is 7.12. The number of ether oxygens (including phenoxy) is 2. The second kappa shape index (κ2) is 7.87. The van der Waals surface area contributed by atoms with Crippen molar-refractivity contribution in [2.24, 2.45) is 0 Å². The van der Waals surface area contributed by atoms with Crippen molar-refractivity contribution in [3.63, 3.8) is 0 Å². The van der Waals surface area contributed by atoms with Crippen LogP contribution in [-0.4, -0.2) is 36.0 Å². The van der Waals surface area contributed by atoms with E-state index in [4.69, 9.17) is 4.74 Å². The van der Waals surface area contributed by atoms with Crippen LogP contribution in [0.3, 0.4) is 0 Å². The van der Waals surface area contributed by atoms with Gasteiger partial charge in [-0.3, -0.25) is 9.78 Å². The van der Waals surface area contributed by atoms with E-state index >= 15 is 0 Å². The second-order valence-electron chi connectivity index (χ2n) is 4.82. The molecule has 2 aromatic rings. The predicted octanol–water partition coefficient (Wildman–Crippen LogP) is 2.05. The number of methoxy groups -OCH3 is 1. The van der Waals surface area contributed by atoms with E-state index in [1.807, 2.05) is 0 Å². The number of amides is 1. The fraction of sp³-hybridized carbons (Fsp3) is 0.176. The summed E-state index contributed by atoms with van der Waals surface area (Å²) in [6, 6.07) is 9.51. The molecule has 0 aliphatic heterocycles. The van der Waals surface area contributed by atoms with E-state index in [0.717, 1.165) is 0 Å². The molecule has 1 atom stereocenters. The molecule has 0 spiro atoms. The predicted molar refractivity (Wildman–Crippen MR) is 85.5 cm³/mol. The number of hydrogen-bond acceptors (Lipinski definition) is 6. The number of nitrogens with one attached hydrogen (secondary N) is 1. The Hall–Kier alpha value is -3.22. The number of aromatic nitrogens is 1. The normalized spacial score (nSPS) is 11.2. The summed E-state index contributed by atoms with van der Waals surface area (Å²) in [6.45, 7) is 1.43. The largest absolute Gasteiger partial charge is 0.465 e. The molecular weight excluding hydrogens is 312 g/mol. The minimum absolute atomic E-state index is 0.208. The summed E-state index contributed by atoms with van der Waals surface area (Å²) in [5, 5.41) is 2.55. The lowest BCUT2D eigenvalue weighted by Crippen LogP contribution is -2.30. The Kier molecular flexibility index (Phi) is 5.62. The Morgan fingerprint density at radius 3 is 2.50 bits per heavy atom. The molecule has 0 aliphatic carbocycles. The molecule has 2 rings (SSSR count). The number of carbonyl (C=O) groups excluding carboxylic acids is 3. The van der Waals surface area contributed by atoms with Gasteiger partial charge in [0.15, 0.2) is 6.10 Å². The molecule has 0 saturated carbocycles. The van der Waals surface area contributed by atoms with Gasteiger partial charge in [0, 0.05) is 12.4 Å². The SMILES string of the molecule is COC(=O)c1ccccc1NC(=O)C(C)OC(=O)c1cccnc1. The summed E-state index contributed by atoms with van der Waals surface area (Å²) in [5.41, 5.74) is 0.727. The molecule has 7 heteroatoms. The zero-order chi connectivity index (χ0) is 17.5. The maximum Gasteiger partial charge on any atom is 0.340 e. The van der Waals surface area contributed by atoms with Crippen molar-refractivity contribution in [2.45, 2.75) is 13.0 Å². The number of nitrogens with zero attached hydrogens (tertiary/aromatic N) is 1. The molecule has 1 aromatic carbocycles. The van der Waals surface area contributed by atoms with Crippen LogP contribution in [-0.2, 0) is 14.3 Å². The number of hydrogen-bond donors (Lipinski definition) is 1. The van der Waals surface area contributed by atoms with Gasteiger partial charge in [-0.2, -0.15) is 0 Å². The van der Waals surface area contributed by atoms with Crippen LogP contribution in [0.5, 0.6) is 0 Å². The molecule has 1 aromatic heterocycles. The molecular formula is C17H16N2O5. The fourth-order valence-corrected chi connectivity index (χ4v) is 1.88. The van der Waals surface area contributed by atoms with Crippen LogP contribution in [0.1, 0.15) is 27.6 Å². The third kappa shape index (κ3) is 4.16. The smallest absolute Gasteiger partial charge is 0.340 e. The number of anilines is 1. The third-order valence-electron chi connectivity index (χ3n) is 3.14. The number of esters is 2. The summed E-state index contributed by atoms with van der Waals surface area (Å²) in [7, 11) is 1.25. The van der Waals surface area contributed by atoms with Crippen LogP contribution >= 0.6 is 0 Å². The average molecular weight is 328 g/mol. The topological polar surface area (TPSA) is 94.6 Å². The first-order valence-corrected chi connectivity index (χ1v) is 7.12. The van der Waals surface area contributed by atoms with Crippen LogP contribution in [0.2, 0.25) is 0 Å². The highest BCUT2D eigenvalue weighted by molar-refractivity contribution is 6.03. The van der Waals surface area contributed by atoms with Crippen molar-refractivity contribution in [3.05, 3.63) is 59.9 Å². The summed E-state index contributed by atoms with van der Waals surface area (Å²) < 4.78 is 9.75. The second-order valence-corrected chi connectivity index (χ2v) is 4.82. The van der Waals surface area contributed by atoms with Gasteiger partial charge in [0.2, 0.25) is 0 Å². The quantitative estimate of drug-likeness (QED) is 0.844. The van der Waals surface area contributed by atoms with Gasteiger partial charge >= 0.3 is 11.9 Å². The fourth-order valence-electron chi connectivity index (χ4n) is 1.88. The molecule has 124 valence electrons. The Labute approximate surface area is 138 Å². The average Bonchev–Trinajstić information content (AvgIpc) is 2.62. The summed E-state index contributed by atoms with van der Waals surface area (Å²) in [5.74, 6) is -1.80. The molecule has 1 N–H and O–H groups in total. The van der Waals surface area contributed by atoms with Crippen LogP contribution in [0, 0.1) is 0 Å². The molecule has 0 bridgehead atoms. The maximum atomic E-state index is 12.2. The van der Waals surface area contributed by atoms with Crippen molar-refractivity contribution < 1.29 is 23.9 Å². The van der Waals surface area contributed by atoms with E-state index in [9.17, 15) is 14.4 Å². The summed E-state index contributed by atoms with van der Waals surface area (Å²) >= 11 is 0. The number of pyridine rings is 1. The Balaban J connectivity index is 2.05. The minimum Gasteiger partial charge on any atom is -0.465 e. The van der Waals surface area contributed by atoms with Crippen molar-refractivity contribution >= 4 is 23.5 Å². The van der Waals surface area contributed by atoms with Gasteiger partial charge in [0.05, 0.1) is 23.9 Å². The highest BCUT2D eigenvalue weighted by atomic mass is 16.5. The Bertz CT molecular complexity index is 746. The van der Waals surface area contributed by atoms with Crippen molar-refractivity contribution in [3.8, 4) is 0 Å². The molecule has 0 fully saturated rings. The van der Waals surface area contributed by atoms with Gasteiger partial charge in [0.1, 0.15) is 0 Å². The summed E-state index contributed by atoms with van der Waals surface area (Å²) in [4.78, 5) is 39.6. The number of benzene rings is 1. The number of para-hydroxylation sites is 1. The standard InChI is InChI=1S/C17H16N2O5/c1-11(24-16(21)12-6-5-9-18-10-12)15(20)19-14-8-4-3-7-13(14)17(22)23-2/h3-11H,1-2H3,(H,19,20). The zero-order valence-electron chi connectivity index (χ0n) is 13.2. The lowest BCUT2D eigenvalue weighted by Gasteiger charge is -2.15. The third-order valence-corrected chi connectivity index (χ3v) is 3.14. The number of rotatable bonds is 5. The lowest BCUT2D eigenvalue weighted by molar-refractivity contribution is -0.123. The van der Waals surface area contributed by atoms with E-state index in [2.05, 4.69) is 15.0 Å². The van der Waals surface area contributed by atoms with E-state index < -0.39 is 23.9 Å². The highest BCUT2D eigenvalue weighted by Gasteiger charge is 2.21. The Morgan fingerprint density at radius 2 is 1.83 bits per heavy atom. The van der Waals surface area contributed by atoms with Gasteiger partial charge in [-0.15, -0.1) is 0 Å².